The van der Waals surface area contributed by atoms with E-state index in [9.17, 15) is 4.79 Å². The number of fused-ring (bicyclic) bond motifs is 2. The van der Waals surface area contributed by atoms with Gasteiger partial charge in [0.25, 0.3) is 0 Å². The Hall–Kier alpha value is -2.49. The summed E-state index contributed by atoms with van der Waals surface area (Å²) in [5.41, 5.74) is 1.63. The quantitative estimate of drug-likeness (QED) is 0.851. The molecule has 1 aromatic carbocycles. The summed E-state index contributed by atoms with van der Waals surface area (Å²) >= 11 is 0. The maximum atomic E-state index is 11.3. The number of pyridine rings is 1. The zero-order valence-electron chi connectivity index (χ0n) is 11.7. The molecule has 0 amide bonds. The van der Waals surface area contributed by atoms with Crippen molar-refractivity contribution in [3.8, 4) is 5.75 Å². The molecule has 0 saturated heterocycles. The molecule has 4 nitrogen and oxygen atoms in total. The molecule has 1 aliphatic rings. The number of nitrogens with zero attached hydrogens (tertiary/aromatic N) is 1. The Labute approximate surface area is 118 Å². The molecule has 0 spiro atoms. The molecule has 20 heavy (non-hydrogen) atoms. The van der Waals surface area contributed by atoms with E-state index in [1.54, 1.807) is 12.3 Å². The van der Waals surface area contributed by atoms with Gasteiger partial charge in [0.2, 0.25) is 5.56 Å². The molecule has 1 N–H and O–H groups in total. The van der Waals surface area contributed by atoms with Crippen LogP contribution in [0.25, 0.3) is 10.9 Å². The van der Waals surface area contributed by atoms with E-state index in [1.165, 1.54) is 6.07 Å². The number of anilines is 1. The molecule has 0 saturated carbocycles. The summed E-state index contributed by atoms with van der Waals surface area (Å²) in [6.07, 6.45) is 5.32. The number of hydrogen-bond donors (Lipinski definition) is 1. The van der Waals surface area contributed by atoms with E-state index >= 15 is 0 Å². The van der Waals surface area contributed by atoms with Gasteiger partial charge in [-0.05, 0) is 12.1 Å². The number of aromatic amines is 1. The third-order valence-corrected chi connectivity index (χ3v) is 2.87. The lowest BCUT2D eigenvalue weighted by Gasteiger charge is -2.25. The maximum Gasteiger partial charge on any atom is 0.248 e. The van der Waals surface area contributed by atoms with Gasteiger partial charge in [0, 0.05) is 30.3 Å². The summed E-state index contributed by atoms with van der Waals surface area (Å²) in [6.45, 7) is 8.45. The highest BCUT2D eigenvalue weighted by Crippen LogP contribution is 2.35. The van der Waals surface area contributed by atoms with Crippen LogP contribution in [0.5, 0.6) is 5.75 Å². The van der Waals surface area contributed by atoms with Crippen LogP contribution in [0.15, 0.2) is 54.2 Å². The molecule has 104 valence electrons. The summed E-state index contributed by atoms with van der Waals surface area (Å²) in [5.74, 6) is 0.730. The molecule has 3 rings (SSSR count). The number of hydrogen-bond acceptors (Lipinski definition) is 3. The van der Waals surface area contributed by atoms with E-state index in [1.807, 2.05) is 43.2 Å². The number of rotatable bonds is 2. The van der Waals surface area contributed by atoms with Crippen molar-refractivity contribution >= 4 is 16.6 Å². The minimum Gasteiger partial charge on any atom is -0.461 e. The number of ether oxygens (including phenoxy) is 1. The van der Waals surface area contributed by atoms with Gasteiger partial charge in [0.1, 0.15) is 6.26 Å². The van der Waals surface area contributed by atoms with Gasteiger partial charge in [-0.2, -0.15) is 0 Å². The van der Waals surface area contributed by atoms with E-state index < -0.39 is 0 Å². The van der Waals surface area contributed by atoms with Crippen LogP contribution in [-0.2, 0) is 0 Å². The van der Waals surface area contributed by atoms with Gasteiger partial charge in [0.05, 0.1) is 11.2 Å². The highest BCUT2D eigenvalue weighted by atomic mass is 16.5. The van der Waals surface area contributed by atoms with E-state index in [0.717, 1.165) is 22.3 Å². The second kappa shape index (κ2) is 6.10. The Balaban J connectivity index is 0.000000704. The summed E-state index contributed by atoms with van der Waals surface area (Å²) in [5, 5.41) is 0.973. The average molecular weight is 270 g/mol. The van der Waals surface area contributed by atoms with E-state index in [-0.39, 0.29) is 5.56 Å². The van der Waals surface area contributed by atoms with E-state index in [2.05, 4.69) is 11.6 Å². The summed E-state index contributed by atoms with van der Waals surface area (Å²) in [7, 11) is 0. The van der Waals surface area contributed by atoms with E-state index in [0.29, 0.717) is 6.54 Å². The molecule has 1 aliphatic heterocycles. The van der Waals surface area contributed by atoms with Crippen LogP contribution in [0.1, 0.15) is 13.8 Å². The summed E-state index contributed by atoms with van der Waals surface area (Å²) in [4.78, 5) is 16.1. The van der Waals surface area contributed by atoms with Gasteiger partial charge in [-0.25, -0.2) is 0 Å². The SMILES string of the molecule is C=CCN1C=COc2cc3[nH]c(=O)ccc3cc21.CC. The fraction of sp³-hybridized carbons (Fsp3) is 0.188. The molecular weight excluding hydrogens is 252 g/mol. The van der Waals surface area contributed by atoms with Crippen molar-refractivity contribution in [3.63, 3.8) is 0 Å². The molecule has 0 radical (unpaired) electrons. The topological polar surface area (TPSA) is 45.3 Å². The second-order valence-electron chi connectivity index (χ2n) is 4.07. The van der Waals surface area contributed by atoms with Crippen LogP contribution >= 0.6 is 0 Å². The normalized spacial score (nSPS) is 12.2. The minimum atomic E-state index is -0.114. The van der Waals surface area contributed by atoms with Gasteiger partial charge in [-0.15, -0.1) is 6.58 Å². The monoisotopic (exact) mass is 270 g/mol. The van der Waals surface area contributed by atoms with Crippen molar-refractivity contribution in [2.24, 2.45) is 0 Å². The van der Waals surface area contributed by atoms with Crippen molar-refractivity contribution in [1.29, 1.82) is 0 Å². The molecule has 2 heterocycles. The first kappa shape index (κ1) is 13.9. The van der Waals surface area contributed by atoms with Gasteiger partial charge in [0.15, 0.2) is 5.75 Å². The smallest absolute Gasteiger partial charge is 0.248 e. The second-order valence-corrected chi connectivity index (χ2v) is 4.07. The van der Waals surface area contributed by atoms with Crippen LogP contribution in [0.2, 0.25) is 0 Å². The van der Waals surface area contributed by atoms with Crippen LogP contribution in [0, 0.1) is 0 Å². The minimum absolute atomic E-state index is 0.114. The Bertz CT molecular complexity index is 701. The molecule has 0 bridgehead atoms. The predicted octanol–water partition coefficient (Wildman–Crippen LogP) is 3.41. The van der Waals surface area contributed by atoms with Crippen molar-refractivity contribution in [2.45, 2.75) is 13.8 Å². The molecule has 0 aliphatic carbocycles. The Morgan fingerprint density at radius 1 is 1.35 bits per heavy atom. The lowest BCUT2D eigenvalue weighted by Crippen LogP contribution is -2.19. The zero-order valence-corrected chi connectivity index (χ0v) is 11.7. The molecule has 0 fully saturated rings. The largest absolute Gasteiger partial charge is 0.461 e. The third-order valence-electron chi connectivity index (χ3n) is 2.87. The summed E-state index contributed by atoms with van der Waals surface area (Å²) in [6, 6.07) is 7.16. The predicted molar refractivity (Wildman–Crippen MR) is 83.2 cm³/mol. The third kappa shape index (κ3) is 2.59. The van der Waals surface area contributed by atoms with Gasteiger partial charge in [-0.3, -0.25) is 4.79 Å². The highest BCUT2D eigenvalue weighted by Gasteiger charge is 2.14. The Morgan fingerprint density at radius 3 is 2.90 bits per heavy atom. The lowest BCUT2D eigenvalue weighted by molar-refractivity contribution is 0.471. The molecule has 2 aromatic rings. The molecular formula is C16H18N2O2. The number of H-pyrrole nitrogens is 1. The van der Waals surface area contributed by atoms with Crippen LogP contribution in [0.4, 0.5) is 5.69 Å². The van der Waals surface area contributed by atoms with Crippen molar-refractivity contribution in [1.82, 2.24) is 4.98 Å². The van der Waals surface area contributed by atoms with Crippen molar-refractivity contribution in [2.75, 3.05) is 11.4 Å². The van der Waals surface area contributed by atoms with Crippen LogP contribution in [0.3, 0.4) is 0 Å². The van der Waals surface area contributed by atoms with Crippen LogP contribution in [-0.4, -0.2) is 11.5 Å². The first-order chi connectivity index (χ1) is 9.78. The molecule has 0 unspecified atom stereocenters. The zero-order chi connectivity index (χ0) is 14.5. The number of aromatic nitrogens is 1. The fourth-order valence-corrected chi connectivity index (χ4v) is 2.05. The molecule has 0 atom stereocenters. The van der Waals surface area contributed by atoms with Crippen molar-refractivity contribution in [3.05, 3.63) is 59.7 Å². The highest BCUT2D eigenvalue weighted by molar-refractivity contribution is 5.86. The molecule has 4 heteroatoms. The Morgan fingerprint density at radius 2 is 2.15 bits per heavy atom. The molecule has 1 aromatic heterocycles. The first-order valence-corrected chi connectivity index (χ1v) is 6.66. The first-order valence-electron chi connectivity index (χ1n) is 6.66. The lowest BCUT2D eigenvalue weighted by atomic mass is 10.1. The van der Waals surface area contributed by atoms with Crippen LogP contribution < -0.4 is 15.2 Å². The number of benzene rings is 1. The number of nitrogens with one attached hydrogen (secondary N) is 1. The van der Waals surface area contributed by atoms with Crippen molar-refractivity contribution < 1.29 is 4.74 Å². The van der Waals surface area contributed by atoms with E-state index in [4.69, 9.17) is 4.74 Å². The average Bonchev–Trinajstić information content (AvgIpc) is 2.48. The standard InChI is InChI=1S/C14H12N2O2.C2H6/c1-2-5-16-6-7-18-13-9-11-10(8-12(13)16)3-4-14(17)15-11;1-2/h2-4,6-9H,1,5H2,(H,15,17);1-2H3. The Kier molecular flexibility index (Phi) is 4.25. The van der Waals surface area contributed by atoms with Gasteiger partial charge < -0.3 is 14.6 Å². The summed E-state index contributed by atoms with van der Waals surface area (Å²) < 4.78 is 5.47. The van der Waals surface area contributed by atoms with Gasteiger partial charge in [-0.1, -0.05) is 19.9 Å². The fourth-order valence-electron chi connectivity index (χ4n) is 2.05. The maximum absolute atomic E-state index is 11.3. The van der Waals surface area contributed by atoms with Gasteiger partial charge >= 0.3 is 0 Å².